The maximum absolute atomic E-state index is 11.6. The Bertz CT molecular complexity index is 352. The molecule has 1 heterocycles. The fourth-order valence-corrected chi connectivity index (χ4v) is 2.10. The van der Waals surface area contributed by atoms with Crippen molar-refractivity contribution in [1.29, 1.82) is 0 Å². The number of carbonyl (C=O) groups excluding carboxylic acids is 1. The fraction of sp³-hybridized carbons (Fsp3) is 0.818. The van der Waals surface area contributed by atoms with Crippen LogP contribution in [0.15, 0.2) is 5.11 Å². The van der Waals surface area contributed by atoms with E-state index in [4.69, 9.17) is 10.6 Å². The molecule has 0 aliphatic carbocycles. The molecule has 0 saturated carbocycles. The highest BCUT2D eigenvalue weighted by molar-refractivity contribution is 5.78. The lowest BCUT2D eigenvalue weighted by molar-refractivity contribution is -0.137. The van der Waals surface area contributed by atoms with Gasteiger partial charge in [0.25, 0.3) is 0 Å². The zero-order valence-electron chi connectivity index (χ0n) is 10.3. The molecule has 1 rings (SSSR count). The number of carboxylic acids is 1. The van der Waals surface area contributed by atoms with Crippen LogP contribution in [0.1, 0.15) is 32.1 Å². The Balaban J connectivity index is 2.16. The normalized spacial score (nSPS) is 18.8. The molecule has 100 valence electrons. The predicted molar refractivity (Wildman–Crippen MR) is 64.8 cm³/mol. The number of carbonyl (C=O) groups is 2. The predicted octanol–water partition coefficient (Wildman–Crippen LogP) is 1.79. The molecule has 18 heavy (non-hydrogen) atoms. The summed E-state index contributed by atoms with van der Waals surface area (Å²) in [5, 5.41) is 12.0. The first-order chi connectivity index (χ1) is 8.63. The quantitative estimate of drug-likeness (QED) is 0.309. The van der Waals surface area contributed by atoms with E-state index < -0.39 is 5.97 Å². The van der Waals surface area contributed by atoms with E-state index in [-0.39, 0.29) is 18.2 Å². The first kappa shape index (κ1) is 14.3. The summed E-state index contributed by atoms with van der Waals surface area (Å²) in [5.41, 5.74) is 8.22. The summed E-state index contributed by atoms with van der Waals surface area (Å²) < 4.78 is 0. The SMILES string of the molecule is [N-]=[N+]=NCC1CC(=O)N(CCCCCC(=O)O)C1. The fourth-order valence-electron chi connectivity index (χ4n) is 2.10. The van der Waals surface area contributed by atoms with Crippen molar-refractivity contribution >= 4 is 11.9 Å². The molecule has 0 spiro atoms. The van der Waals surface area contributed by atoms with Crippen molar-refractivity contribution in [3.05, 3.63) is 10.4 Å². The van der Waals surface area contributed by atoms with Gasteiger partial charge in [0, 0.05) is 37.4 Å². The smallest absolute Gasteiger partial charge is 0.303 e. The molecule has 1 fully saturated rings. The zero-order valence-corrected chi connectivity index (χ0v) is 10.3. The van der Waals surface area contributed by atoms with Crippen molar-refractivity contribution in [1.82, 2.24) is 4.90 Å². The first-order valence-electron chi connectivity index (χ1n) is 6.14. The van der Waals surface area contributed by atoms with Gasteiger partial charge in [0.05, 0.1) is 0 Å². The van der Waals surface area contributed by atoms with Crippen LogP contribution in [-0.2, 0) is 9.59 Å². The Kier molecular flexibility index (Phi) is 6.00. The Morgan fingerprint density at radius 1 is 1.50 bits per heavy atom. The highest BCUT2D eigenvalue weighted by atomic mass is 16.4. The molecule has 1 atom stereocenters. The third-order valence-corrected chi connectivity index (χ3v) is 3.02. The molecule has 0 radical (unpaired) electrons. The minimum Gasteiger partial charge on any atom is -0.481 e. The Morgan fingerprint density at radius 2 is 2.28 bits per heavy atom. The van der Waals surface area contributed by atoms with Crippen LogP contribution >= 0.6 is 0 Å². The molecule has 1 aliphatic rings. The van der Waals surface area contributed by atoms with Gasteiger partial charge in [-0.25, -0.2) is 0 Å². The van der Waals surface area contributed by atoms with Crippen LogP contribution in [0.2, 0.25) is 0 Å². The number of rotatable bonds is 8. The number of likely N-dealkylation sites (tertiary alicyclic amines) is 1. The monoisotopic (exact) mass is 254 g/mol. The van der Waals surface area contributed by atoms with E-state index in [0.717, 1.165) is 12.8 Å². The minimum atomic E-state index is -0.776. The van der Waals surface area contributed by atoms with Gasteiger partial charge in [-0.05, 0) is 24.3 Å². The highest BCUT2D eigenvalue weighted by Crippen LogP contribution is 2.18. The van der Waals surface area contributed by atoms with Gasteiger partial charge in [-0.1, -0.05) is 11.5 Å². The number of amides is 1. The molecule has 1 saturated heterocycles. The number of aliphatic carboxylic acids is 1. The molecule has 1 amide bonds. The van der Waals surface area contributed by atoms with E-state index in [1.807, 2.05) is 0 Å². The largest absolute Gasteiger partial charge is 0.481 e. The van der Waals surface area contributed by atoms with Gasteiger partial charge in [-0.2, -0.15) is 0 Å². The van der Waals surface area contributed by atoms with E-state index in [1.165, 1.54) is 0 Å². The van der Waals surface area contributed by atoms with Gasteiger partial charge in [0.2, 0.25) is 5.91 Å². The van der Waals surface area contributed by atoms with Gasteiger partial charge in [0.1, 0.15) is 0 Å². The summed E-state index contributed by atoms with van der Waals surface area (Å²) in [5.74, 6) is -0.541. The number of carboxylic acid groups (broad SMARTS) is 1. The van der Waals surface area contributed by atoms with Gasteiger partial charge in [0.15, 0.2) is 0 Å². The standard InChI is InChI=1S/C11H18N4O3/c12-14-13-7-9-6-10(16)15(8-9)5-3-1-2-4-11(17)18/h9H,1-8H2,(H,17,18). The van der Waals surface area contributed by atoms with Crippen molar-refractivity contribution in [3.8, 4) is 0 Å². The van der Waals surface area contributed by atoms with Crippen molar-refractivity contribution in [3.63, 3.8) is 0 Å². The van der Waals surface area contributed by atoms with E-state index in [2.05, 4.69) is 10.0 Å². The number of azide groups is 1. The highest BCUT2D eigenvalue weighted by Gasteiger charge is 2.28. The molecule has 1 unspecified atom stereocenters. The molecular formula is C11H18N4O3. The molecule has 1 aliphatic heterocycles. The molecule has 7 heteroatoms. The van der Waals surface area contributed by atoms with Gasteiger partial charge in [-0.15, -0.1) is 0 Å². The summed E-state index contributed by atoms with van der Waals surface area (Å²) in [7, 11) is 0. The minimum absolute atomic E-state index is 0.103. The van der Waals surface area contributed by atoms with Crippen molar-refractivity contribution in [2.24, 2.45) is 11.0 Å². The first-order valence-corrected chi connectivity index (χ1v) is 6.14. The number of hydrogen-bond donors (Lipinski definition) is 1. The lowest BCUT2D eigenvalue weighted by Crippen LogP contribution is -2.26. The summed E-state index contributed by atoms with van der Waals surface area (Å²) in [6, 6.07) is 0. The maximum Gasteiger partial charge on any atom is 0.303 e. The summed E-state index contributed by atoms with van der Waals surface area (Å²) >= 11 is 0. The molecule has 7 nitrogen and oxygen atoms in total. The second-order valence-corrected chi connectivity index (χ2v) is 4.53. The molecule has 0 aromatic heterocycles. The number of unbranched alkanes of at least 4 members (excludes halogenated alkanes) is 2. The van der Waals surface area contributed by atoms with E-state index >= 15 is 0 Å². The Labute approximate surface area is 105 Å². The van der Waals surface area contributed by atoms with Crippen LogP contribution in [-0.4, -0.2) is 41.5 Å². The molecule has 0 bridgehead atoms. The zero-order chi connectivity index (χ0) is 13.4. The van der Waals surface area contributed by atoms with Crippen molar-refractivity contribution < 1.29 is 14.7 Å². The summed E-state index contributed by atoms with van der Waals surface area (Å²) in [6.45, 7) is 1.69. The summed E-state index contributed by atoms with van der Waals surface area (Å²) in [6.07, 6.45) is 2.94. The van der Waals surface area contributed by atoms with Gasteiger partial charge in [-0.3, -0.25) is 9.59 Å². The number of nitrogens with zero attached hydrogens (tertiary/aromatic N) is 4. The number of hydrogen-bond acceptors (Lipinski definition) is 3. The topological polar surface area (TPSA) is 106 Å². The van der Waals surface area contributed by atoms with Crippen LogP contribution in [0.5, 0.6) is 0 Å². The average molecular weight is 254 g/mol. The maximum atomic E-state index is 11.6. The molecule has 1 N–H and O–H groups in total. The van der Waals surface area contributed by atoms with Gasteiger partial charge < -0.3 is 10.0 Å². The van der Waals surface area contributed by atoms with E-state index in [0.29, 0.717) is 32.5 Å². The van der Waals surface area contributed by atoms with Crippen LogP contribution in [0.25, 0.3) is 10.4 Å². The lowest BCUT2D eigenvalue weighted by Gasteiger charge is -2.15. The molecule has 0 aromatic rings. The van der Waals surface area contributed by atoms with Gasteiger partial charge >= 0.3 is 5.97 Å². The molecular weight excluding hydrogens is 236 g/mol. The van der Waals surface area contributed by atoms with E-state index in [1.54, 1.807) is 4.90 Å². The van der Waals surface area contributed by atoms with E-state index in [9.17, 15) is 9.59 Å². The lowest BCUT2D eigenvalue weighted by atomic mass is 10.1. The third kappa shape index (κ3) is 5.05. The van der Waals surface area contributed by atoms with Crippen molar-refractivity contribution in [2.75, 3.05) is 19.6 Å². The average Bonchev–Trinajstić information content (AvgIpc) is 2.67. The second kappa shape index (κ2) is 7.55. The Morgan fingerprint density at radius 3 is 2.94 bits per heavy atom. The molecule has 0 aromatic carbocycles. The van der Waals surface area contributed by atoms with Crippen molar-refractivity contribution in [2.45, 2.75) is 32.1 Å². The van der Waals surface area contributed by atoms with Crippen LogP contribution in [0, 0.1) is 5.92 Å². The van der Waals surface area contributed by atoms with Crippen LogP contribution < -0.4 is 0 Å². The second-order valence-electron chi connectivity index (χ2n) is 4.53. The Hall–Kier alpha value is -1.75. The third-order valence-electron chi connectivity index (χ3n) is 3.02. The van der Waals surface area contributed by atoms with Crippen LogP contribution in [0.3, 0.4) is 0 Å². The van der Waals surface area contributed by atoms with Crippen LogP contribution in [0.4, 0.5) is 0 Å². The summed E-state index contributed by atoms with van der Waals surface area (Å²) in [4.78, 5) is 26.4.